The highest BCUT2D eigenvalue weighted by Crippen LogP contribution is 2.33. The van der Waals surface area contributed by atoms with Crippen LogP contribution in [-0.2, 0) is 16.6 Å². The Bertz CT molecular complexity index is 1590. The summed E-state index contributed by atoms with van der Waals surface area (Å²) in [6, 6.07) is 11.3. The molecule has 1 saturated carbocycles. The lowest BCUT2D eigenvalue weighted by atomic mass is 9.89. The number of ether oxygens (including phenoxy) is 1. The van der Waals surface area contributed by atoms with E-state index in [0.29, 0.717) is 29.7 Å². The number of sulfonamides is 1. The number of alkyl halides is 3. The minimum atomic E-state index is -4.46. The van der Waals surface area contributed by atoms with Gasteiger partial charge in [-0.3, -0.25) is 4.90 Å². The standard InChI is InChI=1S/C30H38F3N5O5S/c1-43-29-19-24(44(34,41)42)11-12-27(29)35-13-3-4-23-18-25-26(5-2-6-28(25)38(23)20-30(31,32)33)36-21-7-9-22(10-8-21)37(14-16-39)15-17-40/h2,5-6,11-12,18-19,21-22,35-36,39-40H,7-10,13-17,20H2,1H3,(H2,34,41,42). The van der Waals surface area contributed by atoms with Crippen molar-refractivity contribution in [3.63, 3.8) is 0 Å². The molecule has 1 fully saturated rings. The van der Waals surface area contributed by atoms with Crippen LogP contribution in [0.1, 0.15) is 31.4 Å². The van der Waals surface area contributed by atoms with Crippen LogP contribution in [0.25, 0.3) is 10.9 Å². The van der Waals surface area contributed by atoms with Crippen molar-refractivity contribution in [3.05, 3.63) is 48.2 Å². The van der Waals surface area contributed by atoms with Gasteiger partial charge in [0.1, 0.15) is 12.3 Å². The Kier molecular flexibility index (Phi) is 11.0. The van der Waals surface area contributed by atoms with Gasteiger partial charge < -0.3 is 30.2 Å². The SMILES string of the molecule is COc1cc(S(N)(=O)=O)ccc1NCC#Cc1cc2c(NC3CCC(N(CCO)CCO)CC3)cccc2n1CC(F)(F)F. The Morgan fingerprint density at radius 1 is 1.07 bits per heavy atom. The number of benzene rings is 2. The van der Waals surface area contributed by atoms with Crippen molar-refractivity contribution >= 4 is 32.3 Å². The first-order valence-electron chi connectivity index (χ1n) is 14.3. The minimum Gasteiger partial charge on any atom is -0.495 e. The first-order chi connectivity index (χ1) is 20.9. The van der Waals surface area contributed by atoms with Gasteiger partial charge >= 0.3 is 6.18 Å². The molecule has 1 aromatic heterocycles. The lowest BCUT2D eigenvalue weighted by Gasteiger charge is -2.37. The second-order valence-electron chi connectivity index (χ2n) is 10.7. The largest absolute Gasteiger partial charge is 0.495 e. The van der Waals surface area contributed by atoms with E-state index >= 15 is 0 Å². The average Bonchev–Trinajstić information content (AvgIpc) is 3.31. The predicted molar refractivity (Wildman–Crippen MR) is 163 cm³/mol. The summed E-state index contributed by atoms with van der Waals surface area (Å²) in [6.07, 6.45) is -1.02. The lowest BCUT2D eigenvalue weighted by molar-refractivity contribution is -0.140. The van der Waals surface area contributed by atoms with Crippen molar-refractivity contribution in [2.75, 3.05) is 50.6 Å². The number of nitrogens with one attached hydrogen (secondary N) is 2. The molecule has 240 valence electrons. The van der Waals surface area contributed by atoms with Gasteiger partial charge in [0.05, 0.1) is 48.7 Å². The molecule has 0 unspecified atom stereocenters. The zero-order chi connectivity index (χ0) is 31.9. The Labute approximate surface area is 255 Å². The molecule has 0 amide bonds. The molecule has 1 heterocycles. The van der Waals surface area contributed by atoms with Gasteiger partial charge in [0.2, 0.25) is 10.0 Å². The molecule has 0 atom stereocenters. The van der Waals surface area contributed by atoms with Crippen LogP contribution in [0.4, 0.5) is 24.5 Å². The van der Waals surface area contributed by atoms with Gasteiger partial charge in [0.25, 0.3) is 0 Å². The van der Waals surface area contributed by atoms with E-state index in [1.54, 1.807) is 18.2 Å². The van der Waals surface area contributed by atoms with Crippen LogP contribution in [-0.4, -0.2) is 86.3 Å². The first-order valence-corrected chi connectivity index (χ1v) is 15.8. The van der Waals surface area contributed by atoms with Crippen molar-refractivity contribution in [1.29, 1.82) is 0 Å². The fraction of sp³-hybridized carbons (Fsp3) is 0.467. The molecular formula is C30H38F3N5O5S. The summed E-state index contributed by atoms with van der Waals surface area (Å²) in [5.74, 6) is 5.95. The van der Waals surface area contributed by atoms with E-state index in [-0.39, 0.29) is 48.2 Å². The molecule has 14 heteroatoms. The third-order valence-corrected chi connectivity index (χ3v) is 8.63. The van der Waals surface area contributed by atoms with Crippen LogP contribution in [0.2, 0.25) is 0 Å². The fourth-order valence-electron chi connectivity index (χ4n) is 5.67. The Morgan fingerprint density at radius 3 is 2.39 bits per heavy atom. The van der Waals surface area contributed by atoms with E-state index in [1.807, 2.05) is 6.07 Å². The Morgan fingerprint density at radius 2 is 1.77 bits per heavy atom. The lowest BCUT2D eigenvalue weighted by Crippen LogP contribution is -2.43. The van der Waals surface area contributed by atoms with E-state index < -0.39 is 22.7 Å². The summed E-state index contributed by atoms with van der Waals surface area (Å²) in [5.41, 5.74) is 1.80. The fourth-order valence-corrected chi connectivity index (χ4v) is 6.20. The molecule has 0 aliphatic heterocycles. The highest BCUT2D eigenvalue weighted by Gasteiger charge is 2.30. The average molecular weight is 638 g/mol. The minimum absolute atomic E-state index is 0.0267. The van der Waals surface area contributed by atoms with Crippen molar-refractivity contribution in [3.8, 4) is 17.6 Å². The van der Waals surface area contributed by atoms with Crippen molar-refractivity contribution < 1.29 is 36.5 Å². The van der Waals surface area contributed by atoms with E-state index in [4.69, 9.17) is 9.88 Å². The monoisotopic (exact) mass is 637 g/mol. The topological polar surface area (TPSA) is 142 Å². The molecule has 44 heavy (non-hydrogen) atoms. The van der Waals surface area contributed by atoms with Crippen LogP contribution in [0.3, 0.4) is 0 Å². The number of nitrogens with two attached hydrogens (primary N) is 1. The van der Waals surface area contributed by atoms with Gasteiger partial charge in [-0.1, -0.05) is 12.0 Å². The van der Waals surface area contributed by atoms with Gasteiger partial charge in [-0.2, -0.15) is 13.2 Å². The van der Waals surface area contributed by atoms with E-state index in [0.717, 1.165) is 35.9 Å². The number of anilines is 2. The Balaban J connectivity index is 1.53. The molecule has 0 bridgehead atoms. The number of rotatable bonds is 12. The quantitative estimate of drug-likeness (QED) is 0.191. The summed E-state index contributed by atoms with van der Waals surface area (Å²) in [7, 11) is -2.55. The van der Waals surface area contributed by atoms with Crippen molar-refractivity contribution in [1.82, 2.24) is 9.47 Å². The van der Waals surface area contributed by atoms with Crippen molar-refractivity contribution in [2.24, 2.45) is 5.14 Å². The number of halogens is 3. The van der Waals surface area contributed by atoms with Gasteiger partial charge in [0.15, 0.2) is 0 Å². The second kappa shape index (κ2) is 14.5. The summed E-state index contributed by atoms with van der Waals surface area (Å²) in [6.45, 7) is -0.0779. The predicted octanol–water partition coefficient (Wildman–Crippen LogP) is 3.33. The molecule has 0 radical (unpaired) electrons. The molecule has 2 aromatic carbocycles. The smallest absolute Gasteiger partial charge is 0.406 e. The maximum Gasteiger partial charge on any atom is 0.406 e. The number of aliphatic hydroxyl groups excluding tert-OH is 2. The third kappa shape index (κ3) is 8.58. The van der Waals surface area contributed by atoms with Gasteiger partial charge in [-0.15, -0.1) is 0 Å². The van der Waals surface area contributed by atoms with Crippen LogP contribution >= 0.6 is 0 Å². The molecule has 10 nitrogen and oxygen atoms in total. The van der Waals surface area contributed by atoms with E-state index in [9.17, 15) is 31.8 Å². The van der Waals surface area contributed by atoms with Crippen LogP contribution in [0.15, 0.2) is 47.4 Å². The highest BCUT2D eigenvalue weighted by atomic mass is 32.2. The number of hydrogen-bond donors (Lipinski definition) is 5. The zero-order valence-electron chi connectivity index (χ0n) is 24.4. The highest BCUT2D eigenvalue weighted by molar-refractivity contribution is 7.89. The first kappa shape index (κ1) is 33.4. The maximum atomic E-state index is 13.6. The number of hydrogen-bond acceptors (Lipinski definition) is 8. The van der Waals surface area contributed by atoms with E-state index in [2.05, 4.69) is 27.4 Å². The van der Waals surface area contributed by atoms with Crippen LogP contribution in [0.5, 0.6) is 5.75 Å². The summed E-state index contributed by atoms with van der Waals surface area (Å²) >= 11 is 0. The van der Waals surface area contributed by atoms with Gasteiger partial charge in [-0.25, -0.2) is 13.6 Å². The van der Waals surface area contributed by atoms with Gasteiger partial charge in [0, 0.05) is 42.3 Å². The summed E-state index contributed by atoms with van der Waals surface area (Å²) < 4.78 is 70.5. The molecule has 1 aliphatic rings. The molecule has 0 saturated heterocycles. The van der Waals surface area contributed by atoms with Crippen LogP contribution in [0, 0.1) is 11.8 Å². The maximum absolute atomic E-state index is 13.6. The number of methoxy groups -OCH3 is 1. The number of fused-ring (bicyclic) bond motifs is 1. The molecule has 1 aliphatic carbocycles. The number of aliphatic hydroxyl groups is 2. The van der Waals surface area contributed by atoms with Gasteiger partial charge in [-0.05, 0) is 61.9 Å². The molecular weight excluding hydrogens is 599 g/mol. The number of aromatic nitrogens is 1. The number of nitrogens with zero attached hydrogens (tertiary/aromatic N) is 2. The summed E-state index contributed by atoms with van der Waals surface area (Å²) in [5, 5.41) is 31.1. The normalized spacial score (nSPS) is 17.4. The summed E-state index contributed by atoms with van der Waals surface area (Å²) in [4.78, 5) is 1.98. The number of primary sulfonamides is 1. The molecule has 6 N–H and O–H groups in total. The molecule has 4 rings (SSSR count). The van der Waals surface area contributed by atoms with E-state index in [1.165, 1.54) is 25.3 Å². The third-order valence-electron chi connectivity index (χ3n) is 7.72. The zero-order valence-corrected chi connectivity index (χ0v) is 25.2. The van der Waals surface area contributed by atoms with Crippen molar-refractivity contribution in [2.45, 2.75) is 55.4 Å². The Hall–Kier alpha value is -3.48. The second-order valence-corrected chi connectivity index (χ2v) is 12.2. The molecule has 0 spiro atoms. The van der Waals surface area contributed by atoms with Crippen LogP contribution < -0.4 is 20.5 Å². The molecule has 3 aromatic rings.